The highest BCUT2D eigenvalue weighted by Crippen LogP contribution is 2.22. The average Bonchev–Trinajstić information content (AvgIpc) is 2.61. The highest BCUT2D eigenvalue weighted by Gasteiger charge is 2.26. The highest BCUT2D eigenvalue weighted by atomic mass is 32.2. The van der Waals surface area contributed by atoms with Gasteiger partial charge in [0.2, 0.25) is 10.0 Å². The summed E-state index contributed by atoms with van der Waals surface area (Å²) in [6, 6.07) is 9.34. The number of sulfonamides is 1. The fourth-order valence-corrected chi connectivity index (χ4v) is 3.09. The number of benzene rings is 1. The van der Waals surface area contributed by atoms with Gasteiger partial charge in [-0.05, 0) is 30.3 Å². The number of rotatable bonds is 3. The molecule has 2 N–H and O–H groups in total. The summed E-state index contributed by atoms with van der Waals surface area (Å²) in [6.45, 7) is 1.33. The van der Waals surface area contributed by atoms with Gasteiger partial charge < -0.3 is 9.64 Å². The minimum absolute atomic E-state index is 0.0192. The van der Waals surface area contributed by atoms with Gasteiger partial charge in [-0.3, -0.25) is 9.78 Å². The van der Waals surface area contributed by atoms with Gasteiger partial charge in [0.05, 0.1) is 18.0 Å². The Morgan fingerprint density at radius 3 is 2.62 bits per heavy atom. The molecule has 0 aliphatic carbocycles. The van der Waals surface area contributed by atoms with Crippen molar-refractivity contribution >= 4 is 15.9 Å². The first kappa shape index (κ1) is 16.6. The van der Waals surface area contributed by atoms with Gasteiger partial charge >= 0.3 is 0 Å². The van der Waals surface area contributed by atoms with E-state index in [1.54, 1.807) is 17.3 Å². The molecule has 7 nitrogen and oxygen atoms in total. The van der Waals surface area contributed by atoms with Gasteiger partial charge in [0.25, 0.3) is 5.91 Å². The van der Waals surface area contributed by atoms with Crippen molar-refractivity contribution in [3.63, 3.8) is 0 Å². The van der Waals surface area contributed by atoms with Crippen molar-refractivity contribution in [1.29, 1.82) is 0 Å². The van der Waals surface area contributed by atoms with Crippen molar-refractivity contribution < 1.29 is 17.9 Å². The van der Waals surface area contributed by atoms with Crippen molar-refractivity contribution in [2.75, 3.05) is 19.7 Å². The average molecular weight is 347 g/mol. The van der Waals surface area contributed by atoms with Crippen molar-refractivity contribution in [3.8, 4) is 0 Å². The number of nitrogens with zero attached hydrogens (tertiary/aromatic N) is 2. The predicted octanol–water partition coefficient (Wildman–Crippen LogP) is 0.943. The molecule has 24 heavy (non-hydrogen) atoms. The Morgan fingerprint density at radius 1 is 1.25 bits per heavy atom. The van der Waals surface area contributed by atoms with E-state index in [4.69, 9.17) is 9.88 Å². The van der Waals surface area contributed by atoms with E-state index >= 15 is 0 Å². The van der Waals surface area contributed by atoms with Gasteiger partial charge in [-0.1, -0.05) is 6.07 Å². The normalized spacial score (nSPS) is 18.4. The quantitative estimate of drug-likeness (QED) is 0.890. The number of pyridine rings is 1. The lowest BCUT2D eigenvalue weighted by Crippen LogP contribution is -2.42. The van der Waals surface area contributed by atoms with E-state index in [1.807, 2.05) is 12.1 Å². The number of carbonyl (C=O) groups excluding carboxylic acids is 1. The van der Waals surface area contributed by atoms with Gasteiger partial charge in [0, 0.05) is 30.1 Å². The van der Waals surface area contributed by atoms with Crippen molar-refractivity contribution in [3.05, 3.63) is 59.9 Å². The van der Waals surface area contributed by atoms with Crippen LogP contribution in [-0.2, 0) is 14.8 Å². The Kier molecular flexibility index (Phi) is 4.61. The van der Waals surface area contributed by atoms with Crippen LogP contribution in [0.15, 0.2) is 53.7 Å². The number of aromatic nitrogens is 1. The van der Waals surface area contributed by atoms with E-state index in [1.165, 1.54) is 24.3 Å². The molecule has 1 saturated heterocycles. The van der Waals surface area contributed by atoms with E-state index in [2.05, 4.69) is 4.98 Å². The molecule has 1 atom stereocenters. The van der Waals surface area contributed by atoms with Gasteiger partial charge in [-0.25, -0.2) is 13.6 Å². The molecule has 1 amide bonds. The Hall–Kier alpha value is -2.29. The Balaban J connectivity index is 1.75. The number of amides is 1. The van der Waals surface area contributed by atoms with Crippen LogP contribution in [0.2, 0.25) is 0 Å². The van der Waals surface area contributed by atoms with E-state index in [-0.39, 0.29) is 16.9 Å². The molecule has 0 unspecified atom stereocenters. The van der Waals surface area contributed by atoms with Crippen LogP contribution >= 0.6 is 0 Å². The number of nitrogens with two attached hydrogens (primary N) is 1. The summed E-state index contributed by atoms with van der Waals surface area (Å²) in [5, 5.41) is 5.06. The number of hydrogen-bond acceptors (Lipinski definition) is 5. The topological polar surface area (TPSA) is 103 Å². The molecule has 1 fully saturated rings. The maximum Gasteiger partial charge on any atom is 0.254 e. The lowest BCUT2D eigenvalue weighted by molar-refractivity contribution is -0.0229. The molecule has 0 bridgehead atoms. The molecule has 2 aromatic rings. The number of primary sulfonamides is 1. The fourth-order valence-electron chi connectivity index (χ4n) is 2.57. The lowest BCUT2D eigenvalue weighted by atomic mass is 10.1. The van der Waals surface area contributed by atoms with Crippen LogP contribution in [-0.4, -0.2) is 43.9 Å². The van der Waals surface area contributed by atoms with Gasteiger partial charge in [-0.15, -0.1) is 0 Å². The molecule has 1 aliphatic heterocycles. The predicted molar refractivity (Wildman–Crippen MR) is 86.6 cm³/mol. The van der Waals surface area contributed by atoms with Crippen LogP contribution in [0.4, 0.5) is 0 Å². The maximum atomic E-state index is 12.6. The largest absolute Gasteiger partial charge is 0.370 e. The molecular formula is C16H17N3O4S. The summed E-state index contributed by atoms with van der Waals surface area (Å²) in [5.41, 5.74) is 1.33. The first-order valence-electron chi connectivity index (χ1n) is 7.39. The molecule has 8 heteroatoms. The number of hydrogen-bond donors (Lipinski definition) is 1. The number of ether oxygens (including phenoxy) is 1. The van der Waals surface area contributed by atoms with Crippen LogP contribution in [0.5, 0.6) is 0 Å². The summed E-state index contributed by atoms with van der Waals surface area (Å²) < 4.78 is 28.3. The maximum absolute atomic E-state index is 12.6. The number of morpholine rings is 1. The Morgan fingerprint density at radius 2 is 2.00 bits per heavy atom. The smallest absolute Gasteiger partial charge is 0.254 e. The summed E-state index contributed by atoms with van der Waals surface area (Å²) >= 11 is 0. The third kappa shape index (κ3) is 3.61. The van der Waals surface area contributed by atoms with Crippen LogP contribution in [0.3, 0.4) is 0 Å². The van der Waals surface area contributed by atoms with E-state index in [0.29, 0.717) is 25.3 Å². The molecular weight excluding hydrogens is 330 g/mol. The van der Waals surface area contributed by atoms with Crippen molar-refractivity contribution in [2.24, 2.45) is 5.14 Å². The van der Waals surface area contributed by atoms with E-state index in [9.17, 15) is 13.2 Å². The summed E-state index contributed by atoms with van der Waals surface area (Å²) in [7, 11) is -3.77. The van der Waals surface area contributed by atoms with Crippen LogP contribution < -0.4 is 5.14 Å². The number of carbonyl (C=O) groups is 1. The minimum Gasteiger partial charge on any atom is -0.370 e. The third-order valence-corrected chi connectivity index (χ3v) is 4.77. The first-order valence-corrected chi connectivity index (χ1v) is 8.93. The summed E-state index contributed by atoms with van der Waals surface area (Å²) in [6.07, 6.45) is 3.18. The second-order valence-corrected chi connectivity index (χ2v) is 7.03. The van der Waals surface area contributed by atoms with Crippen LogP contribution in [0, 0.1) is 0 Å². The van der Waals surface area contributed by atoms with Crippen LogP contribution in [0.25, 0.3) is 0 Å². The zero-order valence-electron chi connectivity index (χ0n) is 12.8. The SMILES string of the molecule is NS(=O)(=O)c1ccc(C(=O)N2CCO[C@H](c3cccnc3)C2)cc1. The monoisotopic (exact) mass is 347 g/mol. The molecule has 2 heterocycles. The molecule has 0 spiro atoms. The third-order valence-electron chi connectivity index (χ3n) is 3.84. The molecule has 0 radical (unpaired) electrons. The summed E-state index contributed by atoms with van der Waals surface area (Å²) in [5.74, 6) is -0.173. The van der Waals surface area contributed by atoms with Gasteiger partial charge in [0.1, 0.15) is 6.10 Å². The summed E-state index contributed by atoms with van der Waals surface area (Å²) in [4.78, 5) is 18.3. The lowest BCUT2D eigenvalue weighted by Gasteiger charge is -2.33. The van der Waals surface area contributed by atoms with Gasteiger partial charge in [-0.2, -0.15) is 0 Å². The second-order valence-electron chi connectivity index (χ2n) is 5.47. The Bertz CT molecular complexity index is 822. The fraction of sp³-hybridized carbons (Fsp3) is 0.250. The Labute approximate surface area is 140 Å². The van der Waals surface area contributed by atoms with Gasteiger partial charge in [0.15, 0.2) is 0 Å². The minimum atomic E-state index is -3.77. The molecule has 1 aromatic heterocycles. The molecule has 3 rings (SSSR count). The first-order chi connectivity index (χ1) is 11.4. The molecule has 0 saturated carbocycles. The molecule has 126 valence electrons. The molecule has 1 aliphatic rings. The van der Waals surface area contributed by atoms with Crippen molar-refractivity contribution in [1.82, 2.24) is 9.88 Å². The second kappa shape index (κ2) is 6.68. The van der Waals surface area contributed by atoms with E-state index < -0.39 is 10.0 Å². The van der Waals surface area contributed by atoms with Crippen molar-refractivity contribution in [2.45, 2.75) is 11.0 Å². The standard InChI is InChI=1S/C16H17N3O4S/c17-24(21,22)14-5-3-12(4-6-14)16(20)19-8-9-23-15(11-19)13-2-1-7-18-10-13/h1-7,10,15H,8-9,11H2,(H2,17,21,22)/t15-/m0/s1. The van der Waals surface area contributed by atoms with Crippen LogP contribution in [0.1, 0.15) is 22.0 Å². The zero-order valence-corrected chi connectivity index (χ0v) is 13.6. The highest BCUT2D eigenvalue weighted by molar-refractivity contribution is 7.89. The van der Waals surface area contributed by atoms with E-state index in [0.717, 1.165) is 5.56 Å². The molecule has 1 aromatic carbocycles. The zero-order chi connectivity index (χ0) is 17.2.